The van der Waals surface area contributed by atoms with Crippen LogP contribution < -0.4 is 0 Å². The summed E-state index contributed by atoms with van der Waals surface area (Å²) >= 11 is 0. The molecule has 0 aliphatic carbocycles. The van der Waals surface area contributed by atoms with Gasteiger partial charge in [-0.05, 0) is 5.41 Å². The van der Waals surface area contributed by atoms with Gasteiger partial charge in [0.15, 0.2) is 5.79 Å². The second-order valence-corrected chi connectivity index (χ2v) is 8.29. The molecule has 5 nitrogen and oxygen atoms in total. The maximum Gasteiger partial charge on any atom is 0.214 e. The topological polar surface area (TPSA) is 55.8 Å². The van der Waals surface area contributed by atoms with E-state index in [9.17, 15) is 8.42 Å². The zero-order chi connectivity index (χ0) is 13.4. The fourth-order valence-electron chi connectivity index (χ4n) is 2.53. The van der Waals surface area contributed by atoms with Crippen LogP contribution in [0.1, 0.15) is 33.6 Å². The normalized spacial score (nSPS) is 25.7. The van der Waals surface area contributed by atoms with E-state index in [4.69, 9.17) is 9.47 Å². The molecule has 2 rings (SSSR count). The largest absolute Gasteiger partial charge is 0.347 e. The summed E-state index contributed by atoms with van der Waals surface area (Å²) in [5.74, 6) is -0.317. The molecule has 0 unspecified atom stereocenters. The first-order chi connectivity index (χ1) is 8.23. The lowest BCUT2D eigenvalue weighted by molar-refractivity contribution is -0.179. The Morgan fingerprint density at radius 2 is 1.61 bits per heavy atom. The van der Waals surface area contributed by atoms with Crippen LogP contribution >= 0.6 is 0 Å². The molecule has 106 valence electrons. The van der Waals surface area contributed by atoms with Gasteiger partial charge in [-0.1, -0.05) is 20.8 Å². The van der Waals surface area contributed by atoms with Crippen molar-refractivity contribution < 1.29 is 17.9 Å². The number of hydrogen-bond acceptors (Lipinski definition) is 4. The summed E-state index contributed by atoms with van der Waals surface area (Å²) in [6.45, 7) is 8.07. The standard InChI is InChI=1S/C12H23NO4S/c1-11(2,3)10-18(14,15)13-6-4-12(5-7-13)16-8-9-17-12/h4-10H2,1-3H3. The first kappa shape index (κ1) is 14.2. The zero-order valence-electron chi connectivity index (χ0n) is 11.4. The highest BCUT2D eigenvalue weighted by Crippen LogP contribution is 2.33. The van der Waals surface area contributed by atoms with E-state index in [1.807, 2.05) is 20.8 Å². The van der Waals surface area contributed by atoms with E-state index in [0.717, 1.165) is 0 Å². The zero-order valence-corrected chi connectivity index (χ0v) is 12.3. The summed E-state index contributed by atoms with van der Waals surface area (Å²) in [6.07, 6.45) is 1.27. The highest BCUT2D eigenvalue weighted by atomic mass is 32.2. The Kier molecular flexibility index (Phi) is 3.75. The number of rotatable bonds is 2. The van der Waals surface area contributed by atoms with Crippen molar-refractivity contribution in [3.63, 3.8) is 0 Å². The third-order valence-electron chi connectivity index (χ3n) is 3.31. The molecule has 2 aliphatic heterocycles. The third kappa shape index (κ3) is 3.23. The van der Waals surface area contributed by atoms with Gasteiger partial charge in [0, 0.05) is 25.9 Å². The Bertz CT molecular complexity index is 383. The average molecular weight is 277 g/mol. The van der Waals surface area contributed by atoms with Gasteiger partial charge in [0.05, 0.1) is 19.0 Å². The lowest BCUT2D eigenvalue weighted by Gasteiger charge is -2.37. The third-order valence-corrected chi connectivity index (χ3v) is 5.69. The molecule has 2 fully saturated rings. The van der Waals surface area contributed by atoms with Crippen molar-refractivity contribution >= 4 is 10.0 Å². The van der Waals surface area contributed by atoms with Gasteiger partial charge >= 0.3 is 0 Å². The second kappa shape index (κ2) is 4.74. The molecule has 2 aliphatic rings. The van der Waals surface area contributed by atoms with Gasteiger partial charge in [-0.15, -0.1) is 0 Å². The van der Waals surface area contributed by atoms with Crippen molar-refractivity contribution in [2.75, 3.05) is 32.1 Å². The van der Waals surface area contributed by atoms with Crippen molar-refractivity contribution in [2.24, 2.45) is 5.41 Å². The van der Waals surface area contributed by atoms with E-state index >= 15 is 0 Å². The van der Waals surface area contributed by atoms with Crippen LogP contribution in [0.2, 0.25) is 0 Å². The van der Waals surface area contributed by atoms with Gasteiger partial charge in [0.25, 0.3) is 0 Å². The maximum absolute atomic E-state index is 12.2. The van der Waals surface area contributed by atoms with E-state index in [0.29, 0.717) is 39.1 Å². The van der Waals surface area contributed by atoms with Crippen LogP contribution in [0.3, 0.4) is 0 Å². The molecule has 6 heteroatoms. The molecule has 0 bridgehead atoms. The van der Waals surface area contributed by atoms with Gasteiger partial charge < -0.3 is 9.47 Å². The minimum absolute atomic E-state index is 0.189. The summed E-state index contributed by atoms with van der Waals surface area (Å²) in [5.41, 5.74) is -0.214. The fourth-order valence-corrected chi connectivity index (χ4v) is 4.55. The van der Waals surface area contributed by atoms with Crippen molar-refractivity contribution in [1.82, 2.24) is 4.31 Å². The first-order valence-electron chi connectivity index (χ1n) is 6.48. The van der Waals surface area contributed by atoms with Crippen molar-refractivity contribution in [3.05, 3.63) is 0 Å². The maximum atomic E-state index is 12.2. The van der Waals surface area contributed by atoms with Gasteiger partial charge in [0.2, 0.25) is 10.0 Å². The predicted molar refractivity (Wildman–Crippen MR) is 68.7 cm³/mol. The van der Waals surface area contributed by atoms with Crippen molar-refractivity contribution in [2.45, 2.75) is 39.4 Å². The number of sulfonamides is 1. The highest BCUT2D eigenvalue weighted by molar-refractivity contribution is 7.89. The molecule has 2 heterocycles. The molecule has 18 heavy (non-hydrogen) atoms. The van der Waals surface area contributed by atoms with E-state index in [1.165, 1.54) is 0 Å². The Labute approximate surface area is 109 Å². The summed E-state index contributed by atoms with van der Waals surface area (Å²) in [5, 5.41) is 0. The van der Waals surface area contributed by atoms with Crippen molar-refractivity contribution in [3.8, 4) is 0 Å². The van der Waals surface area contributed by atoms with Crippen LogP contribution in [0.15, 0.2) is 0 Å². The Balaban J connectivity index is 1.97. The van der Waals surface area contributed by atoms with Gasteiger partial charge in [-0.3, -0.25) is 0 Å². The van der Waals surface area contributed by atoms with E-state index in [-0.39, 0.29) is 11.2 Å². The number of hydrogen-bond donors (Lipinski definition) is 0. The molecule has 1 spiro atoms. The van der Waals surface area contributed by atoms with Crippen molar-refractivity contribution in [1.29, 1.82) is 0 Å². The quantitative estimate of drug-likeness (QED) is 0.761. The summed E-state index contributed by atoms with van der Waals surface area (Å²) in [7, 11) is -3.17. The Morgan fingerprint density at radius 1 is 1.11 bits per heavy atom. The molecule has 0 aromatic rings. The fraction of sp³-hybridized carbons (Fsp3) is 1.00. The van der Waals surface area contributed by atoms with E-state index in [2.05, 4.69) is 0 Å². The molecule has 0 saturated carbocycles. The number of ether oxygens (including phenoxy) is 2. The smallest absolute Gasteiger partial charge is 0.214 e. The van der Waals surface area contributed by atoms with Gasteiger partial charge in [-0.25, -0.2) is 12.7 Å². The molecule has 0 radical (unpaired) electrons. The van der Waals surface area contributed by atoms with Crippen LogP contribution in [-0.4, -0.2) is 50.6 Å². The highest BCUT2D eigenvalue weighted by Gasteiger charge is 2.42. The summed E-state index contributed by atoms with van der Waals surface area (Å²) < 4.78 is 37.3. The molecule has 0 amide bonds. The SMILES string of the molecule is CC(C)(C)CS(=O)(=O)N1CCC2(CC1)OCCO2. The molecule has 0 aromatic carbocycles. The Morgan fingerprint density at radius 3 is 2.06 bits per heavy atom. The molecule has 0 atom stereocenters. The van der Waals surface area contributed by atoms with E-state index < -0.39 is 15.8 Å². The molecule has 0 aromatic heterocycles. The molecular formula is C12H23NO4S. The van der Waals surface area contributed by atoms with Crippen LogP contribution in [0, 0.1) is 5.41 Å². The predicted octanol–water partition coefficient (Wildman–Crippen LogP) is 1.20. The van der Waals surface area contributed by atoms with Crippen LogP contribution in [0.5, 0.6) is 0 Å². The summed E-state index contributed by atoms with van der Waals surface area (Å²) in [6, 6.07) is 0. The van der Waals surface area contributed by atoms with E-state index in [1.54, 1.807) is 4.31 Å². The lowest BCUT2D eigenvalue weighted by Crippen LogP contribution is -2.48. The van der Waals surface area contributed by atoms with Crippen LogP contribution in [-0.2, 0) is 19.5 Å². The minimum atomic E-state index is -3.17. The molecule has 0 N–H and O–H groups in total. The number of piperidine rings is 1. The lowest BCUT2D eigenvalue weighted by atomic mass is 10.0. The first-order valence-corrected chi connectivity index (χ1v) is 8.09. The molecular weight excluding hydrogens is 254 g/mol. The van der Waals surface area contributed by atoms with Crippen LogP contribution in [0.4, 0.5) is 0 Å². The second-order valence-electron chi connectivity index (χ2n) is 6.32. The average Bonchev–Trinajstić information content (AvgIpc) is 2.63. The van der Waals surface area contributed by atoms with Gasteiger partial charge in [-0.2, -0.15) is 0 Å². The Hall–Kier alpha value is -0.170. The van der Waals surface area contributed by atoms with Crippen LogP contribution in [0.25, 0.3) is 0 Å². The molecule has 2 saturated heterocycles. The number of nitrogens with zero attached hydrogens (tertiary/aromatic N) is 1. The monoisotopic (exact) mass is 277 g/mol. The minimum Gasteiger partial charge on any atom is -0.347 e. The van der Waals surface area contributed by atoms with Gasteiger partial charge in [0.1, 0.15) is 0 Å². The summed E-state index contributed by atoms with van der Waals surface area (Å²) in [4.78, 5) is 0.